The van der Waals surface area contributed by atoms with Crippen LogP contribution in [0.5, 0.6) is 0 Å². The summed E-state index contributed by atoms with van der Waals surface area (Å²) in [5.41, 5.74) is 1.31. The van der Waals surface area contributed by atoms with Gasteiger partial charge in [0.15, 0.2) is 6.04 Å². The minimum Gasteiger partial charge on any atom is -0.480 e. The van der Waals surface area contributed by atoms with Gasteiger partial charge in [-0.05, 0) is 13.8 Å². The summed E-state index contributed by atoms with van der Waals surface area (Å²) in [6, 6.07) is -1.59. The molecule has 2 N–H and O–H groups in total. The van der Waals surface area contributed by atoms with Gasteiger partial charge in [-0.3, -0.25) is 5.32 Å². The van der Waals surface area contributed by atoms with Crippen LogP contribution >= 0.6 is 0 Å². The average Bonchev–Trinajstić information content (AvgIpc) is 2.43. The predicted molar refractivity (Wildman–Crippen MR) is 67.3 cm³/mol. The molecule has 108 valence electrons. The maximum absolute atomic E-state index is 12.1. The van der Waals surface area contributed by atoms with Gasteiger partial charge < -0.3 is 14.7 Å². The van der Waals surface area contributed by atoms with Crippen molar-refractivity contribution in [1.29, 1.82) is 0 Å². The van der Waals surface area contributed by atoms with Gasteiger partial charge in [0.2, 0.25) is 0 Å². The van der Waals surface area contributed by atoms with Crippen LogP contribution < -0.4 is 5.32 Å². The van der Waals surface area contributed by atoms with Crippen LogP contribution in [0.4, 0.5) is 10.7 Å². The molecular formula is C11H15N5O4. The van der Waals surface area contributed by atoms with E-state index in [-0.39, 0.29) is 19.1 Å². The number of carboxylic acids is 1. The van der Waals surface area contributed by atoms with Gasteiger partial charge in [-0.2, -0.15) is 5.10 Å². The Balaban J connectivity index is 2.09. The summed E-state index contributed by atoms with van der Waals surface area (Å²) in [5, 5.41) is 19.1. The maximum Gasteiger partial charge on any atom is 0.328 e. The number of carbonyl (C=O) groups is 2. The highest BCUT2D eigenvalue weighted by molar-refractivity contribution is 5.91. The first kappa shape index (κ1) is 14.1. The molecule has 1 atom stereocenters. The van der Waals surface area contributed by atoms with E-state index in [9.17, 15) is 9.59 Å². The Morgan fingerprint density at radius 2 is 2.10 bits per heavy atom. The Morgan fingerprint density at radius 3 is 2.75 bits per heavy atom. The second-order valence-corrected chi connectivity index (χ2v) is 4.36. The van der Waals surface area contributed by atoms with Crippen LogP contribution in [0.3, 0.4) is 0 Å². The van der Waals surface area contributed by atoms with Crippen molar-refractivity contribution in [2.24, 2.45) is 0 Å². The number of ether oxygens (including phenoxy) is 1. The topological polar surface area (TPSA) is 118 Å². The van der Waals surface area contributed by atoms with Crippen LogP contribution in [0, 0.1) is 13.8 Å². The van der Waals surface area contributed by atoms with Gasteiger partial charge >= 0.3 is 12.0 Å². The number of amides is 2. The highest BCUT2D eigenvalue weighted by atomic mass is 16.5. The summed E-state index contributed by atoms with van der Waals surface area (Å²) < 4.78 is 5.06. The van der Waals surface area contributed by atoms with Gasteiger partial charge in [0, 0.05) is 6.54 Å². The van der Waals surface area contributed by atoms with E-state index in [2.05, 4.69) is 20.5 Å². The van der Waals surface area contributed by atoms with Crippen molar-refractivity contribution in [3.63, 3.8) is 0 Å². The van der Waals surface area contributed by atoms with E-state index in [0.717, 1.165) is 0 Å². The van der Waals surface area contributed by atoms with Crippen molar-refractivity contribution in [3.8, 4) is 0 Å². The van der Waals surface area contributed by atoms with E-state index in [0.29, 0.717) is 18.0 Å². The molecule has 9 heteroatoms. The van der Waals surface area contributed by atoms with E-state index in [4.69, 9.17) is 9.84 Å². The number of anilines is 1. The zero-order valence-corrected chi connectivity index (χ0v) is 11.2. The Morgan fingerprint density at radius 1 is 1.35 bits per heavy atom. The molecule has 0 radical (unpaired) electrons. The fourth-order valence-electron chi connectivity index (χ4n) is 1.73. The summed E-state index contributed by atoms with van der Waals surface area (Å²) in [7, 11) is 0. The maximum atomic E-state index is 12.1. The predicted octanol–water partition coefficient (Wildman–Crippen LogP) is -0.194. The molecule has 0 aromatic carbocycles. The third-order valence-electron chi connectivity index (χ3n) is 2.99. The molecule has 0 saturated carbocycles. The summed E-state index contributed by atoms with van der Waals surface area (Å²) in [5.74, 6) is -1.06. The van der Waals surface area contributed by atoms with E-state index >= 15 is 0 Å². The Hall–Kier alpha value is -2.29. The van der Waals surface area contributed by atoms with E-state index in [1.807, 2.05) is 0 Å². The fraction of sp³-hybridized carbons (Fsp3) is 0.545. The monoisotopic (exact) mass is 281 g/mol. The normalized spacial score (nSPS) is 18.7. The molecule has 1 aromatic heterocycles. The summed E-state index contributed by atoms with van der Waals surface area (Å²) >= 11 is 0. The largest absolute Gasteiger partial charge is 0.480 e. The van der Waals surface area contributed by atoms with Crippen molar-refractivity contribution < 1.29 is 19.4 Å². The molecule has 0 aliphatic carbocycles. The lowest BCUT2D eigenvalue weighted by atomic mass is 10.2. The number of aryl methyl sites for hydroxylation is 2. The number of morpholine rings is 1. The first-order chi connectivity index (χ1) is 9.49. The number of rotatable bonds is 2. The molecule has 1 fully saturated rings. The molecule has 0 bridgehead atoms. The quantitative estimate of drug-likeness (QED) is 0.771. The number of carboxylic acid groups (broad SMARTS) is 1. The number of hydrogen-bond acceptors (Lipinski definition) is 6. The molecular weight excluding hydrogens is 266 g/mol. The van der Waals surface area contributed by atoms with Crippen LogP contribution in [0.15, 0.2) is 0 Å². The molecule has 2 rings (SSSR count). The number of nitrogens with zero attached hydrogens (tertiary/aromatic N) is 4. The van der Waals surface area contributed by atoms with Crippen molar-refractivity contribution in [2.45, 2.75) is 19.9 Å². The fourth-order valence-corrected chi connectivity index (χ4v) is 1.73. The first-order valence-electron chi connectivity index (χ1n) is 6.05. The summed E-state index contributed by atoms with van der Waals surface area (Å²) in [4.78, 5) is 28.4. The Bertz CT molecular complexity index is 536. The number of nitrogens with one attached hydrogen (secondary N) is 1. The highest BCUT2D eigenvalue weighted by Crippen LogP contribution is 2.10. The lowest BCUT2D eigenvalue weighted by molar-refractivity contribution is -0.147. The van der Waals surface area contributed by atoms with Crippen molar-refractivity contribution in [1.82, 2.24) is 20.1 Å². The number of urea groups is 1. The van der Waals surface area contributed by atoms with Crippen LogP contribution in [0.25, 0.3) is 0 Å². The minimum absolute atomic E-state index is 0.0330. The molecule has 2 heterocycles. The van der Waals surface area contributed by atoms with Crippen molar-refractivity contribution >= 4 is 17.9 Å². The van der Waals surface area contributed by atoms with Gasteiger partial charge in [-0.1, -0.05) is 0 Å². The first-order valence-corrected chi connectivity index (χ1v) is 6.05. The second kappa shape index (κ2) is 5.78. The number of aliphatic carboxylic acids is 1. The number of aromatic nitrogens is 3. The standard InChI is InChI=1S/C11H15N5O4/c1-6-7(2)14-15-10(12-6)13-11(19)16-3-4-20-5-8(16)9(17)18/h8H,3-5H2,1-2H3,(H,17,18)(H,12,13,15,19). The molecule has 0 spiro atoms. The highest BCUT2D eigenvalue weighted by Gasteiger charge is 2.33. The average molecular weight is 281 g/mol. The van der Waals surface area contributed by atoms with Gasteiger partial charge in [0.05, 0.1) is 24.6 Å². The van der Waals surface area contributed by atoms with Gasteiger partial charge in [-0.15, -0.1) is 5.10 Å². The lowest BCUT2D eigenvalue weighted by Crippen LogP contribution is -2.54. The van der Waals surface area contributed by atoms with Crippen LogP contribution in [0.2, 0.25) is 0 Å². The van der Waals surface area contributed by atoms with Crippen LogP contribution in [-0.4, -0.2) is 63.0 Å². The molecule has 1 aliphatic heterocycles. The van der Waals surface area contributed by atoms with Crippen LogP contribution in [-0.2, 0) is 9.53 Å². The zero-order chi connectivity index (χ0) is 14.7. The molecule has 9 nitrogen and oxygen atoms in total. The van der Waals surface area contributed by atoms with Crippen molar-refractivity contribution in [2.75, 3.05) is 25.1 Å². The second-order valence-electron chi connectivity index (χ2n) is 4.36. The zero-order valence-electron chi connectivity index (χ0n) is 11.2. The third kappa shape index (κ3) is 2.99. The molecule has 1 saturated heterocycles. The van der Waals surface area contributed by atoms with Crippen molar-refractivity contribution in [3.05, 3.63) is 11.4 Å². The van der Waals surface area contributed by atoms with E-state index in [1.54, 1.807) is 13.8 Å². The van der Waals surface area contributed by atoms with Gasteiger partial charge in [0.1, 0.15) is 0 Å². The molecule has 20 heavy (non-hydrogen) atoms. The molecule has 1 aliphatic rings. The lowest BCUT2D eigenvalue weighted by Gasteiger charge is -2.32. The molecule has 1 unspecified atom stereocenters. The Labute approximate surface area is 115 Å². The summed E-state index contributed by atoms with van der Waals surface area (Å²) in [6.45, 7) is 3.96. The smallest absolute Gasteiger partial charge is 0.328 e. The van der Waals surface area contributed by atoms with Gasteiger partial charge in [-0.25, -0.2) is 14.6 Å². The summed E-state index contributed by atoms with van der Waals surface area (Å²) in [6.07, 6.45) is 0. The van der Waals surface area contributed by atoms with E-state index in [1.165, 1.54) is 4.90 Å². The minimum atomic E-state index is -1.11. The molecule has 2 amide bonds. The SMILES string of the molecule is Cc1nnc(NC(=O)N2CCOCC2C(=O)O)nc1C. The molecule has 1 aromatic rings. The van der Waals surface area contributed by atoms with Crippen LogP contribution in [0.1, 0.15) is 11.4 Å². The third-order valence-corrected chi connectivity index (χ3v) is 2.99. The van der Waals surface area contributed by atoms with Gasteiger partial charge in [0.25, 0.3) is 5.95 Å². The Kier molecular flexibility index (Phi) is 4.08. The number of hydrogen-bond donors (Lipinski definition) is 2. The van der Waals surface area contributed by atoms with E-state index < -0.39 is 18.0 Å². The number of carbonyl (C=O) groups excluding carboxylic acids is 1.